The largest absolute Gasteiger partial charge is 0.336 e. The zero-order valence-corrected chi connectivity index (χ0v) is 17.3. The molecule has 1 heterocycles. The topological polar surface area (TPSA) is 59.0 Å². The van der Waals surface area contributed by atoms with Crippen molar-refractivity contribution >= 4 is 6.03 Å². The van der Waals surface area contributed by atoms with E-state index < -0.39 is 6.04 Å². The standard InChI is InChI=1S/C23H26F2N4O/c1-15(2)20(14-16-4-8-18(24)9-5-16)27-23(30)28-21(22-26-12-13-29(22)3)17-6-10-19(25)11-7-17/h4-13,15,20-21H,14H2,1-3H3,(H2,27,28,30). The summed E-state index contributed by atoms with van der Waals surface area (Å²) in [5, 5.41) is 5.98. The predicted molar refractivity (Wildman–Crippen MR) is 112 cm³/mol. The number of amides is 2. The zero-order valence-electron chi connectivity index (χ0n) is 17.3. The molecular formula is C23H26F2N4O. The van der Waals surface area contributed by atoms with Gasteiger partial charge in [0, 0.05) is 25.5 Å². The lowest BCUT2D eigenvalue weighted by Crippen LogP contribution is -2.47. The van der Waals surface area contributed by atoms with Gasteiger partial charge in [0.1, 0.15) is 23.5 Å². The molecule has 0 fully saturated rings. The monoisotopic (exact) mass is 412 g/mol. The Hall–Kier alpha value is -3.22. The molecule has 3 rings (SSSR count). The van der Waals surface area contributed by atoms with E-state index in [0.717, 1.165) is 11.1 Å². The highest BCUT2D eigenvalue weighted by Crippen LogP contribution is 2.21. The van der Waals surface area contributed by atoms with Gasteiger partial charge in [-0.1, -0.05) is 38.1 Å². The number of carbonyl (C=O) groups excluding carboxylic acids is 1. The maximum atomic E-state index is 13.4. The molecule has 1 aromatic heterocycles. The minimum Gasteiger partial charge on any atom is -0.336 e. The summed E-state index contributed by atoms with van der Waals surface area (Å²) in [6.45, 7) is 4.04. The summed E-state index contributed by atoms with van der Waals surface area (Å²) < 4.78 is 28.4. The number of imidazole rings is 1. The second kappa shape index (κ2) is 9.52. The molecular weight excluding hydrogens is 386 g/mol. The van der Waals surface area contributed by atoms with E-state index in [-0.39, 0.29) is 29.6 Å². The highest BCUT2D eigenvalue weighted by atomic mass is 19.1. The summed E-state index contributed by atoms with van der Waals surface area (Å²) in [7, 11) is 1.84. The lowest BCUT2D eigenvalue weighted by Gasteiger charge is -2.25. The molecule has 2 unspecified atom stereocenters. The van der Waals surface area contributed by atoms with E-state index in [0.29, 0.717) is 12.2 Å². The Morgan fingerprint density at radius 1 is 1.00 bits per heavy atom. The predicted octanol–water partition coefficient (Wildman–Crippen LogP) is 4.35. The van der Waals surface area contributed by atoms with Gasteiger partial charge in [-0.15, -0.1) is 0 Å². The van der Waals surface area contributed by atoms with Gasteiger partial charge >= 0.3 is 6.03 Å². The highest BCUT2D eigenvalue weighted by molar-refractivity contribution is 5.75. The number of halogens is 2. The van der Waals surface area contributed by atoms with E-state index >= 15 is 0 Å². The Bertz CT molecular complexity index is 968. The van der Waals surface area contributed by atoms with Crippen molar-refractivity contribution in [3.63, 3.8) is 0 Å². The average molecular weight is 412 g/mol. The number of aromatic nitrogens is 2. The summed E-state index contributed by atoms with van der Waals surface area (Å²) in [6, 6.07) is 11.2. The fraction of sp³-hybridized carbons (Fsp3) is 0.304. The number of nitrogens with zero attached hydrogens (tertiary/aromatic N) is 2. The van der Waals surface area contributed by atoms with Crippen molar-refractivity contribution in [1.29, 1.82) is 0 Å². The van der Waals surface area contributed by atoms with Crippen molar-refractivity contribution in [2.24, 2.45) is 13.0 Å². The molecule has 0 spiro atoms. The van der Waals surface area contributed by atoms with Crippen LogP contribution in [0, 0.1) is 17.6 Å². The van der Waals surface area contributed by atoms with Gasteiger partial charge < -0.3 is 15.2 Å². The maximum absolute atomic E-state index is 13.4. The lowest BCUT2D eigenvalue weighted by molar-refractivity contribution is 0.230. The van der Waals surface area contributed by atoms with Gasteiger partial charge in [0.25, 0.3) is 0 Å². The second-order valence-corrected chi connectivity index (χ2v) is 7.68. The van der Waals surface area contributed by atoms with E-state index in [2.05, 4.69) is 15.6 Å². The first kappa shape index (κ1) is 21.5. The van der Waals surface area contributed by atoms with E-state index in [4.69, 9.17) is 0 Å². The third kappa shape index (κ3) is 5.43. The van der Waals surface area contributed by atoms with Gasteiger partial charge in [0.15, 0.2) is 0 Å². The number of hydrogen-bond acceptors (Lipinski definition) is 2. The van der Waals surface area contributed by atoms with Crippen molar-refractivity contribution in [2.45, 2.75) is 32.4 Å². The molecule has 5 nitrogen and oxygen atoms in total. The second-order valence-electron chi connectivity index (χ2n) is 7.68. The van der Waals surface area contributed by atoms with Gasteiger partial charge in [-0.05, 0) is 47.7 Å². The molecule has 158 valence electrons. The van der Waals surface area contributed by atoms with Crippen molar-refractivity contribution in [2.75, 3.05) is 0 Å². The van der Waals surface area contributed by atoms with Crippen LogP contribution in [0.5, 0.6) is 0 Å². The van der Waals surface area contributed by atoms with Crippen molar-refractivity contribution < 1.29 is 13.6 Å². The van der Waals surface area contributed by atoms with Gasteiger partial charge in [-0.2, -0.15) is 0 Å². The molecule has 7 heteroatoms. The first-order chi connectivity index (χ1) is 14.3. The minimum atomic E-state index is -0.538. The van der Waals surface area contributed by atoms with Crippen molar-refractivity contribution in [3.8, 4) is 0 Å². The zero-order chi connectivity index (χ0) is 21.7. The van der Waals surface area contributed by atoms with Crippen LogP contribution in [0.15, 0.2) is 60.9 Å². The van der Waals surface area contributed by atoms with Crippen LogP contribution in [0.4, 0.5) is 13.6 Å². The molecule has 0 radical (unpaired) electrons. The quantitative estimate of drug-likeness (QED) is 0.606. The summed E-state index contributed by atoms with van der Waals surface area (Å²) in [5.41, 5.74) is 1.66. The molecule has 30 heavy (non-hydrogen) atoms. The highest BCUT2D eigenvalue weighted by Gasteiger charge is 2.23. The minimum absolute atomic E-state index is 0.147. The first-order valence-electron chi connectivity index (χ1n) is 9.87. The Balaban J connectivity index is 1.76. The number of urea groups is 1. The van der Waals surface area contributed by atoms with E-state index in [1.807, 2.05) is 25.5 Å². The van der Waals surface area contributed by atoms with Crippen LogP contribution in [-0.2, 0) is 13.5 Å². The van der Waals surface area contributed by atoms with Gasteiger partial charge in [-0.25, -0.2) is 18.6 Å². The van der Waals surface area contributed by atoms with Crippen LogP contribution in [0.3, 0.4) is 0 Å². The fourth-order valence-electron chi connectivity index (χ4n) is 3.28. The number of aryl methyl sites for hydroxylation is 1. The maximum Gasteiger partial charge on any atom is 0.315 e. The van der Waals surface area contributed by atoms with Gasteiger partial charge in [0.2, 0.25) is 0 Å². The molecule has 2 amide bonds. The van der Waals surface area contributed by atoms with Crippen molar-refractivity contribution in [3.05, 3.63) is 89.5 Å². The average Bonchev–Trinajstić information content (AvgIpc) is 3.13. The molecule has 0 aliphatic carbocycles. The van der Waals surface area contributed by atoms with Crippen LogP contribution < -0.4 is 10.6 Å². The van der Waals surface area contributed by atoms with E-state index in [1.54, 1.807) is 36.7 Å². The Kier molecular flexibility index (Phi) is 6.82. The number of nitrogens with one attached hydrogen (secondary N) is 2. The van der Waals surface area contributed by atoms with Gasteiger partial charge in [-0.3, -0.25) is 0 Å². The Labute approximate surface area is 175 Å². The SMILES string of the molecule is CC(C)C(Cc1ccc(F)cc1)NC(=O)NC(c1ccc(F)cc1)c1nccn1C. The normalized spacial score (nSPS) is 13.1. The Morgan fingerprint density at radius 2 is 1.60 bits per heavy atom. The van der Waals surface area contributed by atoms with Crippen LogP contribution in [0.2, 0.25) is 0 Å². The molecule has 0 saturated carbocycles. The third-order valence-corrected chi connectivity index (χ3v) is 5.09. The van der Waals surface area contributed by atoms with Crippen LogP contribution in [0.1, 0.15) is 36.8 Å². The van der Waals surface area contributed by atoms with Gasteiger partial charge in [0.05, 0.1) is 0 Å². The first-order valence-corrected chi connectivity index (χ1v) is 9.87. The molecule has 2 atom stereocenters. The van der Waals surface area contributed by atoms with Crippen molar-refractivity contribution in [1.82, 2.24) is 20.2 Å². The smallest absolute Gasteiger partial charge is 0.315 e. The molecule has 0 bridgehead atoms. The van der Waals surface area contributed by atoms with Crippen LogP contribution >= 0.6 is 0 Å². The van der Waals surface area contributed by atoms with E-state index in [1.165, 1.54) is 24.3 Å². The summed E-state index contributed by atoms with van der Waals surface area (Å²) >= 11 is 0. The molecule has 0 aliphatic heterocycles. The fourth-order valence-corrected chi connectivity index (χ4v) is 3.28. The summed E-state index contributed by atoms with van der Waals surface area (Å²) in [6.07, 6.45) is 4.02. The summed E-state index contributed by atoms with van der Waals surface area (Å²) in [4.78, 5) is 17.2. The Morgan fingerprint density at radius 3 is 2.13 bits per heavy atom. The molecule has 2 aromatic carbocycles. The number of benzene rings is 2. The molecule has 0 aliphatic rings. The van der Waals surface area contributed by atoms with Crippen LogP contribution in [-0.4, -0.2) is 21.6 Å². The number of rotatable bonds is 7. The van der Waals surface area contributed by atoms with Crippen LogP contribution in [0.25, 0.3) is 0 Å². The third-order valence-electron chi connectivity index (χ3n) is 5.09. The van der Waals surface area contributed by atoms with E-state index in [9.17, 15) is 13.6 Å². The summed E-state index contributed by atoms with van der Waals surface area (Å²) in [5.74, 6) is 0.165. The molecule has 0 saturated heterocycles. The number of carbonyl (C=O) groups is 1. The molecule has 2 N–H and O–H groups in total. The number of hydrogen-bond donors (Lipinski definition) is 2. The lowest BCUT2D eigenvalue weighted by atomic mass is 9.96. The molecule has 3 aromatic rings.